The van der Waals surface area contributed by atoms with Crippen LogP contribution >= 0.6 is 11.3 Å². The van der Waals surface area contributed by atoms with E-state index in [2.05, 4.69) is 52.5 Å². The van der Waals surface area contributed by atoms with E-state index in [9.17, 15) is 4.79 Å². The van der Waals surface area contributed by atoms with E-state index in [0.717, 1.165) is 25.9 Å². The van der Waals surface area contributed by atoms with Crippen molar-refractivity contribution in [2.24, 2.45) is 0 Å². The van der Waals surface area contributed by atoms with Crippen LogP contribution in [0.4, 0.5) is 4.79 Å². The van der Waals surface area contributed by atoms with Gasteiger partial charge in [-0.3, -0.25) is 0 Å². The number of nitrogens with zero attached hydrogens (tertiary/aromatic N) is 1. The topological polar surface area (TPSA) is 32.3 Å². The predicted molar refractivity (Wildman–Crippen MR) is 104 cm³/mol. The smallest absolute Gasteiger partial charge is 0.317 e. The molecule has 2 heterocycles. The predicted octanol–water partition coefficient (Wildman–Crippen LogP) is 4.99. The fourth-order valence-electron chi connectivity index (χ4n) is 3.65. The largest absolute Gasteiger partial charge is 0.334 e. The van der Waals surface area contributed by atoms with Crippen molar-refractivity contribution in [3.63, 3.8) is 0 Å². The first kappa shape index (κ1) is 16.2. The lowest BCUT2D eigenvalue weighted by molar-refractivity contribution is 0.181. The summed E-state index contributed by atoms with van der Waals surface area (Å²) in [4.78, 5) is 14.5. The highest BCUT2D eigenvalue weighted by Gasteiger charge is 2.23. The zero-order valence-electron chi connectivity index (χ0n) is 14.2. The number of thiophene rings is 1. The van der Waals surface area contributed by atoms with Gasteiger partial charge in [0.15, 0.2) is 0 Å². The quantitative estimate of drug-likeness (QED) is 0.709. The molecule has 128 valence electrons. The summed E-state index contributed by atoms with van der Waals surface area (Å²) in [6.45, 7) is 2.24. The van der Waals surface area contributed by atoms with Gasteiger partial charge in [0.1, 0.15) is 0 Å². The van der Waals surface area contributed by atoms with Gasteiger partial charge in [-0.15, -0.1) is 0 Å². The Morgan fingerprint density at radius 1 is 1.08 bits per heavy atom. The molecule has 0 unspecified atom stereocenters. The maximum absolute atomic E-state index is 12.5. The Morgan fingerprint density at radius 3 is 2.68 bits per heavy atom. The molecule has 1 aliphatic heterocycles. The van der Waals surface area contributed by atoms with Crippen molar-refractivity contribution in [1.82, 2.24) is 10.2 Å². The molecular weight excluding hydrogens is 328 g/mol. The van der Waals surface area contributed by atoms with E-state index in [1.807, 2.05) is 17.0 Å². The van der Waals surface area contributed by atoms with Gasteiger partial charge in [0.2, 0.25) is 0 Å². The molecule has 3 nitrogen and oxygen atoms in total. The number of fused-ring (bicyclic) bond motifs is 1. The number of carbonyl (C=O) groups excluding carboxylic acids is 1. The second-order valence-electron chi connectivity index (χ2n) is 6.61. The van der Waals surface area contributed by atoms with Crippen LogP contribution in [0.2, 0.25) is 0 Å². The normalized spacial score (nSPS) is 15.4. The minimum absolute atomic E-state index is 0.0525. The van der Waals surface area contributed by atoms with Gasteiger partial charge in [-0.2, -0.15) is 11.3 Å². The highest BCUT2D eigenvalue weighted by molar-refractivity contribution is 7.07. The Morgan fingerprint density at radius 2 is 1.88 bits per heavy atom. The van der Waals surface area contributed by atoms with Crippen LogP contribution in [0.5, 0.6) is 0 Å². The molecule has 2 aromatic carbocycles. The number of rotatable bonds is 3. The molecule has 1 saturated heterocycles. The van der Waals surface area contributed by atoms with Crippen LogP contribution in [0.1, 0.15) is 29.9 Å². The molecular formula is C21H22N2OS. The summed E-state index contributed by atoms with van der Waals surface area (Å²) in [6, 6.07) is 16.8. The Labute approximate surface area is 152 Å². The maximum atomic E-state index is 12.5. The average Bonchev–Trinajstić information content (AvgIpc) is 3.21. The summed E-state index contributed by atoms with van der Waals surface area (Å²) in [5.74, 6) is 0.605. The fourth-order valence-corrected chi connectivity index (χ4v) is 4.39. The summed E-state index contributed by atoms with van der Waals surface area (Å²) in [6.07, 6.45) is 2.11. The van der Waals surface area contributed by atoms with Gasteiger partial charge in [-0.1, -0.05) is 42.5 Å². The van der Waals surface area contributed by atoms with E-state index < -0.39 is 0 Å². The zero-order valence-corrected chi connectivity index (χ0v) is 15.0. The highest BCUT2D eigenvalue weighted by atomic mass is 32.1. The SMILES string of the molecule is O=C(NCc1cccc2ccccc12)N1CCC(c2ccsc2)CC1. The second-order valence-corrected chi connectivity index (χ2v) is 7.40. The molecule has 0 atom stereocenters. The van der Waals surface area contributed by atoms with Crippen LogP contribution < -0.4 is 5.32 Å². The highest BCUT2D eigenvalue weighted by Crippen LogP contribution is 2.29. The molecule has 25 heavy (non-hydrogen) atoms. The minimum atomic E-state index is 0.0525. The number of carbonyl (C=O) groups is 1. The van der Waals surface area contributed by atoms with Gasteiger partial charge in [0, 0.05) is 19.6 Å². The van der Waals surface area contributed by atoms with E-state index >= 15 is 0 Å². The molecule has 1 fully saturated rings. The lowest BCUT2D eigenvalue weighted by atomic mass is 9.91. The maximum Gasteiger partial charge on any atom is 0.317 e. The van der Waals surface area contributed by atoms with E-state index in [0.29, 0.717) is 12.5 Å². The lowest BCUT2D eigenvalue weighted by Gasteiger charge is -2.31. The Bertz CT molecular complexity index is 846. The van der Waals surface area contributed by atoms with Crippen molar-refractivity contribution >= 4 is 28.1 Å². The number of amides is 2. The van der Waals surface area contributed by atoms with Gasteiger partial charge >= 0.3 is 6.03 Å². The summed E-state index contributed by atoms with van der Waals surface area (Å²) in [5, 5.41) is 9.90. The third kappa shape index (κ3) is 3.54. The van der Waals surface area contributed by atoms with Crippen LogP contribution in [0.3, 0.4) is 0 Å². The van der Waals surface area contributed by atoms with Crippen molar-refractivity contribution in [3.05, 3.63) is 70.4 Å². The van der Waals surface area contributed by atoms with Crippen molar-refractivity contribution in [3.8, 4) is 0 Å². The number of urea groups is 1. The zero-order chi connectivity index (χ0) is 17.1. The van der Waals surface area contributed by atoms with Crippen LogP contribution in [0.15, 0.2) is 59.3 Å². The fraction of sp³-hybridized carbons (Fsp3) is 0.286. The van der Waals surface area contributed by atoms with Crippen molar-refractivity contribution < 1.29 is 4.79 Å². The number of piperidine rings is 1. The number of nitrogens with one attached hydrogen (secondary N) is 1. The van der Waals surface area contributed by atoms with Gasteiger partial charge in [0.05, 0.1) is 0 Å². The molecule has 0 aliphatic carbocycles. The summed E-state index contributed by atoms with van der Waals surface area (Å²) >= 11 is 1.75. The van der Waals surface area contributed by atoms with E-state index in [1.54, 1.807) is 11.3 Å². The molecule has 1 aliphatic rings. The van der Waals surface area contributed by atoms with Crippen molar-refractivity contribution in [1.29, 1.82) is 0 Å². The van der Waals surface area contributed by atoms with Gasteiger partial charge < -0.3 is 10.2 Å². The van der Waals surface area contributed by atoms with E-state index in [-0.39, 0.29) is 6.03 Å². The van der Waals surface area contributed by atoms with Crippen molar-refractivity contribution in [2.75, 3.05) is 13.1 Å². The molecule has 0 spiro atoms. The van der Waals surface area contributed by atoms with E-state index in [1.165, 1.54) is 21.9 Å². The third-order valence-electron chi connectivity index (χ3n) is 5.11. The Balaban J connectivity index is 1.35. The number of hydrogen-bond acceptors (Lipinski definition) is 2. The number of benzene rings is 2. The van der Waals surface area contributed by atoms with E-state index in [4.69, 9.17) is 0 Å². The number of hydrogen-bond donors (Lipinski definition) is 1. The van der Waals surface area contributed by atoms with Gasteiger partial charge in [0.25, 0.3) is 0 Å². The molecule has 4 rings (SSSR count). The van der Waals surface area contributed by atoms with Crippen LogP contribution in [-0.4, -0.2) is 24.0 Å². The standard InChI is InChI=1S/C21H22N2OS/c24-21(23-11-8-16(9-12-23)19-10-13-25-15-19)22-14-18-6-3-5-17-4-1-2-7-20(17)18/h1-7,10,13,15-16H,8-9,11-12,14H2,(H,22,24). The Hall–Kier alpha value is -2.33. The molecule has 2 amide bonds. The minimum Gasteiger partial charge on any atom is -0.334 e. The molecule has 0 radical (unpaired) electrons. The van der Waals surface area contributed by atoms with Crippen molar-refractivity contribution in [2.45, 2.75) is 25.3 Å². The lowest BCUT2D eigenvalue weighted by Crippen LogP contribution is -2.43. The van der Waals surface area contributed by atoms with Crippen LogP contribution in [-0.2, 0) is 6.54 Å². The monoisotopic (exact) mass is 350 g/mol. The second kappa shape index (κ2) is 7.28. The summed E-state index contributed by atoms with van der Waals surface area (Å²) in [5.41, 5.74) is 2.60. The Kier molecular flexibility index (Phi) is 4.70. The van der Waals surface area contributed by atoms with Crippen LogP contribution in [0, 0.1) is 0 Å². The van der Waals surface area contributed by atoms with Gasteiger partial charge in [-0.25, -0.2) is 4.79 Å². The van der Waals surface area contributed by atoms with Gasteiger partial charge in [-0.05, 0) is 57.5 Å². The molecule has 1 N–H and O–H groups in total. The molecule has 1 aromatic heterocycles. The first-order valence-corrected chi connectivity index (χ1v) is 9.77. The molecule has 4 heteroatoms. The molecule has 3 aromatic rings. The molecule has 0 saturated carbocycles. The average molecular weight is 350 g/mol. The molecule has 0 bridgehead atoms. The summed E-state index contributed by atoms with van der Waals surface area (Å²) in [7, 11) is 0. The van der Waals surface area contributed by atoms with Crippen LogP contribution in [0.25, 0.3) is 10.8 Å². The number of likely N-dealkylation sites (tertiary alicyclic amines) is 1. The third-order valence-corrected chi connectivity index (χ3v) is 5.81. The summed E-state index contributed by atoms with van der Waals surface area (Å²) < 4.78 is 0. The first-order chi connectivity index (χ1) is 12.3. The first-order valence-electron chi connectivity index (χ1n) is 8.83.